The zero-order valence-electron chi connectivity index (χ0n) is 14.0. The molecule has 2 aromatic carbocycles. The summed E-state index contributed by atoms with van der Waals surface area (Å²) < 4.78 is 27.4. The van der Waals surface area contributed by atoms with E-state index in [9.17, 15) is 13.2 Å². The lowest BCUT2D eigenvalue weighted by atomic mass is 10.0. The minimum Gasteiger partial charge on any atom is -0.352 e. The number of hydrogen-bond acceptors (Lipinski definition) is 4. The minimum absolute atomic E-state index is 0.118. The lowest BCUT2D eigenvalue weighted by Gasteiger charge is -2.27. The third kappa shape index (κ3) is 4.37. The molecule has 2 aromatic rings. The number of sulfonamides is 1. The van der Waals surface area contributed by atoms with E-state index in [-0.39, 0.29) is 10.8 Å². The molecule has 132 valence electrons. The van der Waals surface area contributed by atoms with Crippen molar-refractivity contribution >= 4 is 21.6 Å². The van der Waals surface area contributed by atoms with Gasteiger partial charge in [0.25, 0.3) is 15.9 Å². The lowest BCUT2D eigenvalue weighted by Crippen LogP contribution is -2.48. The summed E-state index contributed by atoms with van der Waals surface area (Å²) in [4.78, 5) is 12.2. The van der Waals surface area contributed by atoms with Crippen molar-refractivity contribution in [3.05, 3.63) is 59.7 Å². The summed E-state index contributed by atoms with van der Waals surface area (Å²) in [5.74, 6) is 0.282. The molecule has 25 heavy (non-hydrogen) atoms. The van der Waals surface area contributed by atoms with Crippen LogP contribution < -0.4 is 15.4 Å². The fourth-order valence-corrected chi connectivity index (χ4v) is 3.51. The second kappa shape index (κ2) is 7.25. The number of aryl methyl sites for hydroxylation is 1. The molecule has 1 heterocycles. The molecule has 1 amide bonds. The number of benzene rings is 2. The third-order valence-corrected chi connectivity index (χ3v) is 5.55. The largest absolute Gasteiger partial charge is 0.352 e. The van der Waals surface area contributed by atoms with Gasteiger partial charge < -0.3 is 10.6 Å². The number of rotatable bonds is 6. The van der Waals surface area contributed by atoms with E-state index in [0.29, 0.717) is 23.7 Å². The SMILES string of the molecule is Cc1ccc(NS(=O)(=O)c2ccc(C(=O)NCC3CNC3)cc2)cc1. The van der Waals surface area contributed by atoms with E-state index in [1.807, 2.05) is 19.1 Å². The van der Waals surface area contributed by atoms with Crippen LogP contribution in [0.1, 0.15) is 15.9 Å². The first-order valence-corrected chi connectivity index (χ1v) is 9.61. The Kier molecular flexibility index (Phi) is 5.06. The average molecular weight is 359 g/mol. The number of hydrogen-bond donors (Lipinski definition) is 3. The Morgan fingerprint density at radius 2 is 1.72 bits per heavy atom. The maximum atomic E-state index is 12.4. The van der Waals surface area contributed by atoms with Gasteiger partial charge in [0.2, 0.25) is 0 Å². The summed E-state index contributed by atoms with van der Waals surface area (Å²) in [7, 11) is -3.68. The zero-order chi connectivity index (χ0) is 17.9. The fourth-order valence-electron chi connectivity index (χ4n) is 2.45. The molecule has 0 radical (unpaired) electrons. The van der Waals surface area contributed by atoms with E-state index in [1.54, 1.807) is 12.1 Å². The quantitative estimate of drug-likeness (QED) is 0.733. The van der Waals surface area contributed by atoms with Crippen LogP contribution in [0, 0.1) is 12.8 Å². The molecule has 3 rings (SSSR count). The summed E-state index contributed by atoms with van der Waals surface area (Å²) >= 11 is 0. The van der Waals surface area contributed by atoms with Crippen molar-refractivity contribution in [3.8, 4) is 0 Å². The first-order chi connectivity index (χ1) is 11.9. The monoisotopic (exact) mass is 359 g/mol. The summed E-state index contributed by atoms with van der Waals surface area (Å²) in [6.07, 6.45) is 0. The van der Waals surface area contributed by atoms with Gasteiger partial charge in [-0.15, -0.1) is 0 Å². The predicted octanol–water partition coefficient (Wildman–Crippen LogP) is 1.75. The topological polar surface area (TPSA) is 87.3 Å². The summed E-state index contributed by atoms with van der Waals surface area (Å²) in [6, 6.07) is 13.0. The highest BCUT2D eigenvalue weighted by atomic mass is 32.2. The van der Waals surface area contributed by atoms with Gasteiger partial charge in [0.15, 0.2) is 0 Å². The van der Waals surface area contributed by atoms with E-state index in [2.05, 4.69) is 15.4 Å². The molecule has 0 atom stereocenters. The summed E-state index contributed by atoms with van der Waals surface area (Å²) in [5.41, 5.74) is 2.00. The van der Waals surface area contributed by atoms with Gasteiger partial charge in [-0.2, -0.15) is 0 Å². The molecule has 0 bridgehead atoms. The van der Waals surface area contributed by atoms with Crippen LogP contribution in [0.15, 0.2) is 53.4 Å². The first kappa shape index (κ1) is 17.4. The second-order valence-corrected chi connectivity index (χ2v) is 7.91. The van der Waals surface area contributed by atoms with E-state index < -0.39 is 10.0 Å². The maximum Gasteiger partial charge on any atom is 0.261 e. The molecular formula is C18H21N3O3S. The second-order valence-electron chi connectivity index (χ2n) is 6.23. The Bertz CT molecular complexity index is 842. The molecule has 0 spiro atoms. The van der Waals surface area contributed by atoms with Gasteiger partial charge in [-0.25, -0.2) is 8.42 Å². The molecule has 0 aromatic heterocycles. The molecule has 0 saturated carbocycles. The maximum absolute atomic E-state index is 12.4. The molecule has 7 heteroatoms. The molecular weight excluding hydrogens is 338 g/mol. The summed E-state index contributed by atoms with van der Waals surface area (Å²) in [6.45, 7) is 4.40. The van der Waals surface area contributed by atoms with Crippen molar-refractivity contribution in [2.24, 2.45) is 5.92 Å². The van der Waals surface area contributed by atoms with E-state index in [4.69, 9.17) is 0 Å². The van der Waals surface area contributed by atoms with Crippen molar-refractivity contribution in [1.29, 1.82) is 0 Å². The van der Waals surface area contributed by atoms with Gasteiger partial charge in [0.05, 0.1) is 4.90 Å². The smallest absolute Gasteiger partial charge is 0.261 e. The summed E-state index contributed by atoms with van der Waals surface area (Å²) in [5, 5.41) is 6.01. The van der Waals surface area contributed by atoms with Crippen molar-refractivity contribution in [3.63, 3.8) is 0 Å². The predicted molar refractivity (Wildman–Crippen MR) is 97.1 cm³/mol. The number of amides is 1. The van der Waals surface area contributed by atoms with Gasteiger partial charge in [-0.05, 0) is 43.3 Å². The van der Waals surface area contributed by atoms with E-state index in [1.165, 1.54) is 24.3 Å². The number of carbonyl (C=O) groups excluding carboxylic acids is 1. The Morgan fingerprint density at radius 1 is 1.08 bits per heavy atom. The van der Waals surface area contributed by atoms with Crippen molar-refractivity contribution in [2.45, 2.75) is 11.8 Å². The Morgan fingerprint density at radius 3 is 2.28 bits per heavy atom. The molecule has 1 aliphatic heterocycles. The Balaban J connectivity index is 1.65. The van der Waals surface area contributed by atoms with Crippen molar-refractivity contribution < 1.29 is 13.2 Å². The van der Waals surface area contributed by atoms with Crippen LogP contribution >= 0.6 is 0 Å². The number of nitrogens with one attached hydrogen (secondary N) is 3. The molecule has 1 aliphatic rings. The number of anilines is 1. The van der Waals surface area contributed by atoms with Gasteiger partial charge >= 0.3 is 0 Å². The molecule has 6 nitrogen and oxygen atoms in total. The van der Waals surface area contributed by atoms with Gasteiger partial charge in [-0.1, -0.05) is 17.7 Å². The standard InChI is InChI=1S/C18H21N3O3S/c1-13-2-6-16(7-3-13)21-25(23,24)17-8-4-15(5-9-17)18(22)20-12-14-10-19-11-14/h2-9,14,19,21H,10-12H2,1H3,(H,20,22). The lowest BCUT2D eigenvalue weighted by molar-refractivity contribution is 0.0942. The first-order valence-electron chi connectivity index (χ1n) is 8.12. The van der Waals surface area contributed by atoms with Crippen LogP contribution in [-0.4, -0.2) is 34.0 Å². The van der Waals surface area contributed by atoms with Crippen LogP contribution in [0.2, 0.25) is 0 Å². The molecule has 0 aliphatic carbocycles. The highest BCUT2D eigenvalue weighted by molar-refractivity contribution is 7.92. The molecule has 3 N–H and O–H groups in total. The highest BCUT2D eigenvalue weighted by Crippen LogP contribution is 2.17. The Hall–Kier alpha value is -2.38. The van der Waals surface area contributed by atoms with Gasteiger partial charge in [-0.3, -0.25) is 9.52 Å². The molecule has 1 saturated heterocycles. The Labute approximate surface area is 147 Å². The highest BCUT2D eigenvalue weighted by Gasteiger charge is 2.18. The molecule has 1 fully saturated rings. The van der Waals surface area contributed by atoms with Crippen LogP contribution in [0.3, 0.4) is 0 Å². The van der Waals surface area contributed by atoms with Gasteiger partial charge in [0.1, 0.15) is 0 Å². The van der Waals surface area contributed by atoms with Crippen LogP contribution in [-0.2, 0) is 10.0 Å². The van der Waals surface area contributed by atoms with Crippen molar-refractivity contribution in [2.75, 3.05) is 24.4 Å². The fraction of sp³-hybridized carbons (Fsp3) is 0.278. The van der Waals surface area contributed by atoms with Crippen LogP contribution in [0.5, 0.6) is 0 Å². The zero-order valence-corrected chi connectivity index (χ0v) is 14.8. The van der Waals surface area contributed by atoms with Crippen LogP contribution in [0.4, 0.5) is 5.69 Å². The van der Waals surface area contributed by atoms with E-state index >= 15 is 0 Å². The third-order valence-electron chi connectivity index (χ3n) is 4.15. The van der Waals surface area contributed by atoms with Gasteiger partial charge in [0, 0.05) is 36.8 Å². The van der Waals surface area contributed by atoms with Crippen LogP contribution in [0.25, 0.3) is 0 Å². The normalized spacial score (nSPS) is 14.6. The number of carbonyl (C=O) groups is 1. The average Bonchev–Trinajstić information content (AvgIpc) is 2.55. The minimum atomic E-state index is -3.68. The molecule has 0 unspecified atom stereocenters. The van der Waals surface area contributed by atoms with Crippen molar-refractivity contribution in [1.82, 2.24) is 10.6 Å². The van der Waals surface area contributed by atoms with E-state index in [0.717, 1.165) is 18.7 Å².